The maximum absolute atomic E-state index is 12.9. The van der Waals surface area contributed by atoms with Gasteiger partial charge in [-0.1, -0.05) is 45.9 Å². The Morgan fingerprint density at radius 1 is 0.875 bits per heavy atom. The van der Waals surface area contributed by atoms with Crippen LogP contribution < -0.4 is 0 Å². The molecule has 0 fully saturated rings. The first kappa shape index (κ1) is 17.7. The first-order valence-corrected chi connectivity index (χ1v) is 7.97. The average molecular weight is 326 g/mol. The van der Waals surface area contributed by atoms with Gasteiger partial charge in [-0.3, -0.25) is 4.79 Å². The number of hydrogen-bond donors (Lipinski definition) is 2. The third kappa shape index (κ3) is 3.32. The van der Waals surface area contributed by atoms with Gasteiger partial charge in [0.1, 0.15) is 5.75 Å². The quantitative estimate of drug-likeness (QED) is 0.789. The number of phenols is 1. The van der Waals surface area contributed by atoms with Crippen LogP contribution in [0, 0.1) is 0 Å². The molecule has 0 aliphatic heterocycles. The number of benzene rings is 2. The van der Waals surface area contributed by atoms with E-state index in [4.69, 9.17) is 0 Å². The van der Waals surface area contributed by atoms with Crippen LogP contribution in [-0.4, -0.2) is 22.0 Å². The van der Waals surface area contributed by atoms with Gasteiger partial charge in [-0.25, -0.2) is 4.79 Å². The van der Waals surface area contributed by atoms with Crippen LogP contribution in [0.4, 0.5) is 0 Å². The molecular formula is C20H22O4. The Kier molecular flexibility index (Phi) is 5.07. The molecule has 0 heterocycles. The van der Waals surface area contributed by atoms with Gasteiger partial charge in [0.05, 0.1) is 5.56 Å². The van der Waals surface area contributed by atoms with Crippen molar-refractivity contribution in [3.8, 4) is 5.75 Å². The molecule has 0 saturated heterocycles. The molecule has 4 heteroatoms. The van der Waals surface area contributed by atoms with Crippen LogP contribution in [-0.2, 0) is 0 Å². The van der Waals surface area contributed by atoms with E-state index < -0.39 is 5.97 Å². The highest BCUT2D eigenvalue weighted by Gasteiger charge is 2.21. The van der Waals surface area contributed by atoms with E-state index in [0.717, 1.165) is 0 Å². The molecular weight excluding hydrogens is 304 g/mol. The SMILES string of the molecule is CC(C)c1cc(C(=O)c2ccccc2C(=O)O)cc(C(C)C)c1O. The Hall–Kier alpha value is -2.62. The average Bonchev–Trinajstić information content (AvgIpc) is 2.53. The van der Waals surface area contributed by atoms with Gasteiger partial charge in [0.25, 0.3) is 0 Å². The number of carbonyl (C=O) groups is 2. The predicted octanol–water partition coefficient (Wildman–Crippen LogP) is 4.57. The minimum Gasteiger partial charge on any atom is -0.507 e. The Balaban J connectivity index is 2.64. The molecule has 0 bridgehead atoms. The minimum atomic E-state index is -1.13. The maximum atomic E-state index is 12.9. The molecule has 0 radical (unpaired) electrons. The first-order chi connectivity index (χ1) is 11.2. The Labute approximate surface area is 141 Å². The molecule has 2 rings (SSSR count). The van der Waals surface area contributed by atoms with Crippen LogP contribution in [0.5, 0.6) is 5.75 Å². The third-order valence-electron chi connectivity index (χ3n) is 4.08. The second-order valence-electron chi connectivity index (χ2n) is 6.49. The van der Waals surface area contributed by atoms with Crippen molar-refractivity contribution in [2.45, 2.75) is 39.5 Å². The van der Waals surface area contributed by atoms with Gasteiger partial charge in [0.2, 0.25) is 0 Å². The zero-order valence-electron chi connectivity index (χ0n) is 14.3. The lowest BCUT2D eigenvalue weighted by Gasteiger charge is -2.17. The van der Waals surface area contributed by atoms with E-state index >= 15 is 0 Å². The molecule has 0 amide bonds. The molecule has 0 aliphatic carbocycles. The van der Waals surface area contributed by atoms with Crippen molar-refractivity contribution in [1.29, 1.82) is 0 Å². The fourth-order valence-corrected chi connectivity index (χ4v) is 2.71. The smallest absolute Gasteiger partial charge is 0.336 e. The molecule has 0 aromatic heterocycles. The van der Waals surface area contributed by atoms with E-state index in [2.05, 4.69) is 0 Å². The first-order valence-electron chi connectivity index (χ1n) is 7.97. The summed E-state index contributed by atoms with van der Waals surface area (Å²) < 4.78 is 0. The molecule has 24 heavy (non-hydrogen) atoms. The van der Waals surface area contributed by atoms with Crippen LogP contribution in [0.2, 0.25) is 0 Å². The highest BCUT2D eigenvalue weighted by molar-refractivity contribution is 6.14. The van der Waals surface area contributed by atoms with E-state index in [-0.39, 0.29) is 34.5 Å². The molecule has 0 spiro atoms. The van der Waals surface area contributed by atoms with E-state index in [1.54, 1.807) is 24.3 Å². The summed E-state index contributed by atoms with van der Waals surface area (Å²) >= 11 is 0. The molecule has 2 N–H and O–H groups in total. The summed E-state index contributed by atoms with van der Waals surface area (Å²) in [5.41, 5.74) is 1.91. The minimum absolute atomic E-state index is 0.0206. The highest BCUT2D eigenvalue weighted by Crippen LogP contribution is 2.35. The zero-order chi connectivity index (χ0) is 18.0. The van der Waals surface area contributed by atoms with E-state index in [1.165, 1.54) is 12.1 Å². The standard InChI is InChI=1S/C20H22O4/c1-11(2)16-9-13(10-17(12(3)4)19(16)22)18(21)14-7-5-6-8-15(14)20(23)24/h5-12,22H,1-4H3,(H,23,24). The van der Waals surface area contributed by atoms with Crippen LogP contribution in [0.25, 0.3) is 0 Å². The normalized spacial score (nSPS) is 11.1. The molecule has 2 aromatic carbocycles. The highest BCUT2D eigenvalue weighted by atomic mass is 16.4. The van der Waals surface area contributed by atoms with Gasteiger partial charge in [-0.15, -0.1) is 0 Å². The number of aromatic carboxylic acids is 1. The summed E-state index contributed by atoms with van der Waals surface area (Å²) in [6, 6.07) is 9.49. The Bertz CT molecular complexity index is 759. The van der Waals surface area contributed by atoms with Crippen molar-refractivity contribution in [3.05, 3.63) is 64.2 Å². The fraction of sp³-hybridized carbons (Fsp3) is 0.300. The van der Waals surface area contributed by atoms with Crippen LogP contribution in [0.15, 0.2) is 36.4 Å². The van der Waals surface area contributed by atoms with Gasteiger partial charge >= 0.3 is 5.97 Å². The summed E-state index contributed by atoms with van der Waals surface area (Å²) in [7, 11) is 0. The summed E-state index contributed by atoms with van der Waals surface area (Å²) in [6.45, 7) is 7.77. The second-order valence-corrected chi connectivity index (χ2v) is 6.49. The largest absolute Gasteiger partial charge is 0.507 e. The van der Waals surface area contributed by atoms with Gasteiger partial charge in [0.15, 0.2) is 5.78 Å². The Morgan fingerprint density at radius 3 is 1.75 bits per heavy atom. The van der Waals surface area contributed by atoms with Crippen molar-refractivity contribution in [3.63, 3.8) is 0 Å². The van der Waals surface area contributed by atoms with E-state index in [0.29, 0.717) is 16.7 Å². The summed E-state index contributed by atoms with van der Waals surface area (Å²) in [5, 5.41) is 19.7. The second kappa shape index (κ2) is 6.87. The number of ketones is 1. The fourth-order valence-electron chi connectivity index (χ4n) is 2.71. The number of phenolic OH excluding ortho intramolecular Hbond substituents is 1. The van der Waals surface area contributed by atoms with Crippen molar-refractivity contribution in [2.24, 2.45) is 0 Å². The zero-order valence-corrected chi connectivity index (χ0v) is 14.3. The summed E-state index contributed by atoms with van der Waals surface area (Å²) in [4.78, 5) is 24.3. The number of aromatic hydroxyl groups is 1. The van der Waals surface area contributed by atoms with Crippen LogP contribution in [0.1, 0.15) is 76.9 Å². The van der Waals surface area contributed by atoms with Crippen molar-refractivity contribution < 1.29 is 19.8 Å². The third-order valence-corrected chi connectivity index (χ3v) is 4.08. The molecule has 0 atom stereocenters. The predicted molar refractivity (Wildman–Crippen MR) is 93.1 cm³/mol. The van der Waals surface area contributed by atoms with Crippen LogP contribution >= 0.6 is 0 Å². The van der Waals surface area contributed by atoms with Crippen molar-refractivity contribution in [1.82, 2.24) is 0 Å². The van der Waals surface area contributed by atoms with E-state index in [1.807, 2.05) is 27.7 Å². The number of carboxylic acid groups (broad SMARTS) is 1. The van der Waals surface area contributed by atoms with Gasteiger partial charge in [-0.2, -0.15) is 0 Å². The number of carboxylic acids is 1. The van der Waals surface area contributed by atoms with E-state index in [9.17, 15) is 19.8 Å². The Morgan fingerprint density at radius 2 is 1.33 bits per heavy atom. The molecule has 0 saturated carbocycles. The number of carbonyl (C=O) groups excluding carboxylic acids is 1. The van der Waals surface area contributed by atoms with Gasteiger partial charge in [0, 0.05) is 11.1 Å². The van der Waals surface area contributed by atoms with Crippen molar-refractivity contribution in [2.75, 3.05) is 0 Å². The molecule has 4 nitrogen and oxygen atoms in total. The lowest BCUT2D eigenvalue weighted by Crippen LogP contribution is -2.11. The summed E-state index contributed by atoms with van der Waals surface area (Å²) in [6.07, 6.45) is 0. The molecule has 0 aliphatic rings. The van der Waals surface area contributed by atoms with Crippen LogP contribution in [0.3, 0.4) is 0 Å². The van der Waals surface area contributed by atoms with Gasteiger partial charge in [-0.05, 0) is 41.2 Å². The van der Waals surface area contributed by atoms with Crippen molar-refractivity contribution >= 4 is 11.8 Å². The van der Waals surface area contributed by atoms with Gasteiger partial charge < -0.3 is 10.2 Å². The molecule has 0 unspecified atom stereocenters. The topological polar surface area (TPSA) is 74.6 Å². The lowest BCUT2D eigenvalue weighted by atomic mass is 9.88. The summed E-state index contributed by atoms with van der Waals surface area (Å²) in [5.74, 6) is -1.18. The monoisotopic (exact) mass is 326 g/mol. The molecule has 126 valence electrons. The molecule has 2 aromatic rings. The number of rotatable bonds is 5. The maximum Gasteiger partial charge on any atom is 0.336 e. The lowest BCUT2D eigenvalue weighted by molar-refractivity contribution is 0.0692. The number of hydrogen-bond acceptors (Lipinski definition) is 3.